The predicted molar refractivity (Wildman–Crippen MR) is 104 cm³/mol. The first-order chi connectivity index (χ1) is 12.5. The van der Waals surface area contributed by atoms with Crippen molar-refractivity contribution in [1.29, 1.82) is 0 Å². The molecule has 0 radical (unpaired) electrons. The summed E-state index contributed by atoms with van der Waals surface area (Å²) >= 11 is 9.27. The average Bonchev–Trinajstić information content (AvgIpc) is 3.10. The third kappa shape index (κ3) is 4.93. The van der Waals surface area contributed by atoms with Crippen molar-refractivity contribution in [3.05, 3.63) is 69.5 Å². The minimum Gasteiger partial charge on any atom is -0.350 e. The summed E-state index contributed by atoms with van der Waals surface area (Å²) in [6, 6.07) is 14.9. The van der Waals surface area contributed by atoms with Crippen LogP contribution >= 0.6 is 27.5 Å². The van der Waals surface area contributed by atoms with Gasteiger partial charge in [0, 0.05) is 27.9 Å². The summed E-state index contributed by atoms with van der Waals surface area (Å²) in [6.45, 7) is 1.93. The Balaban J connectivity index is 1.53. The molecule has 1 atom stereocenters. The maximum Gasteiger partial charge on any atom is 0.227 e. The van der Waals surface area contributed by atoms with Crippen LogP contribution in [0.4, 0.5) is 0 Å². The number of nitrogens with one attached hydrogen (secondary N) is 1. The fourth-order valence-corrected chi connectivity index (χ4v) is 2.83. The lowest BCUT2D eigenvalue weighted by Gasteiger charge is -2.14. The first-order valence-corrected chi connectivity index (χ1v) is 9.32. The average molecular weight is 435 g/mol. The molecule has 1 aromatic heterocycles. The summed E-state index contributed by atoms with van der Waals surface area (Å²) in [7, 11) is 0. The molecular formula is C19H17BrClN3O2. The van der Waals surface area contributed by atoms with Crippen LogP contribution in [0.5, 0.6) is 0 Å². The van der Waals surface area contributed by atoms with E-state index < -0.39 is 0 Å². The van der Waals surface area contributed by atoms with Gasteiger partial charge in [0.1, 0.15) is 0 Å². The Kier molecular flexibility index (Phi) is 6.06. The van der Waals surface area contributed by atoms with E-state index in [1.807, 2.05) is 55.5 Å². The molecule has 134 valence electrons. The molecule has 2 aromatic carbocycles. The molecule has 0 aliphatic heterocycles. The van der Waals surface area contributed by atoms with Crippen molar-refractivity contribution < 1.29 is 9.32 Å². The second kappa shape index (κ2) is 8.47. The van der Waals surface area contributed by atoms with Crippen LogP contribution in [0, 0.1) is 0 Å². The largest absolute Gasteiger partial charge is 0.350 e. The molecule has 1 amide bonds. The fraction of sp³-hybridized carbons (Fsp3) is 0.211. The molecule has 1 heterocycles. The molecule has 3 rings (SSSR count). The fourth-order valence-electron chi connectivity index (χ4n) is 2.44. The summed E-state index contributed by atoms with van der Waals surface area (Å²) in [4.78, 5) is 16.5. The number of aryl methyl sites for hydroxylation is 1. The Bertz CT molecular complexity index is 879. The lowest BCUT2D eigenvalue weighted by molar-refractivity contribution is -0.121. The van der Waals surface area contributed by atoms with Gasteiger partial charge in [-0.15, -0.1) is 0 Å². The van der Waals surface area contributed by atoms with Crippen molar-refractivity contribution in [3.63, 3.8) is 0 Å². The molecule has 26 heavy (non-hydrogen) atoms. The standard InChI is InChI=1S/C19H17BrClN3O2/c1-12(13-4-8-16(21)9-5-13)22-17(25)10-11-18-23-19(24-26-18)14-2-6-15(20)7-3-14/h2-9,12H,10-11H2,1H3,(H,22,25)/t12-/m0/s1. The number of aromatic nitrogens is 2. The lowest BCUT2D eigenvalue weighted by atomic mass is 10.1. The number of benzene rings is 2. The number of nitrogens with zero attached hydrogens (tertiary/aromatic N) is 2. The summed E-state index contributed by atoms with van der Waals surface area (Å²) in [5.74, 6) is 0.885. The molecule has 0 saturated carbocycles. The zero-order chi connectivity index (χ0) is 18.5. The number of rotatable bonds is 6. The molecule has 0 saturated heterocycles. The molecule has 0 spiro atoms. The smallest absolute Gasteiger partial charge is 0.227 e. The van der Waals surface area contributed by atoms with Gasteiger partial charge in [-0.2, -0.15) is 4.98 Å². The van der Waals surface area contributed by atoms with E-state index in [0.717, 1.165) is 15.6 Å². The first-order valence-electron chi connectivity index (χ1n) is 8.14. The quantitative estimate of drug-likeness (QED) is 0.595. The van der Waals surface area contributed by atoms with Crippen molar-refractivity contribution in [2.45, 2.75) is 25.8 Å². The van der Waals surface area contributed by atoms with Gasteiger partial charge >= 0.3 is 0 Å². The second-order valence-corrected chi connectivity index (χ2v) is 7.21. The van der Waals surface area contributed by atoms with E-state index >= 15 is 0 Å². The highest BCUT2D eigenvalue weighted by atomic mass is 79.9. The first kappa shape index (κ1) is 18.6. The molecule has 0 unspecified atom stereocenters. The molecule has 5 nitrogen and oxygen atoms in total. The van der Waals surface area contributed by atoms with Gasteiger partial charge in [0.2, 0.25) is 17.6 Å². The van der Waals surface area contributed by atoms with Gasteiger partial charge < -0.3 is 9.84 Å². The zero-order valence-corrected chi connectivity index (χ0v) is 16.4. The number of hydrogen-bond acceptors (Lipinski definition) is 4. The van der Waals surface area contributed by atoms with E-state index in [0.29, 0.717) is 23.2 Å². The highest BCUT2D eigenvalue weighted by Gasteiger charge is 2.13. The Morgan fingerprint density at radius 1 is 1.19 bits per heavy atom. The maximum atomic E-state index is 12.1. The molecule has 3 aromatic rings. The number of amides is 1. The number of halogens is 2. The van der Waals surface area contributed by atoms with Gasteiger partial charge in [0.25, 0.3) is 0 Å². The minimum atomic E-state index is -0.0965. The highest BCUT2D eigenvalue weighted by molar-refractivity contribution is 9.10. The van der Waals surface area contributed by atoms with E-state index in [-0.39, 0.29) is 18.4 Å². The van der Waals surface area contributed by atoms with E-state index in [1.165, 1.54) is 0 Å². The van der Waals surface area contributed by atoms with E-state index in [4.69, 9.17) is 16.1 Å². The molecule has 0 aliphatic carbocycles. The maximum absolute atomic E-state index is 12.1. The van der Waals surface area contributed by atoms with E-state index in [9.17, 15) is 4.79 Å². The summed E-state index contributed by atoms with van der Waals surface area (Å²) in [5.41, 5.74) is 1.86. The number of carbonyl (C=O) groups excluding carboxylic acids is 1. The summed E-state index contributed by atoms with van der Waals surface area (Å²) in [6.07, 6.45) is 0.669. The topological polar surface area (TPSA) is 68.0 Å². The SMILES string of the molecule is C[C@H](NC(=O)CCc1nc(-c2ccc(Br)cc2)no1)c1ccc(Cl)cc1. The molecule has 1 N–H and O–H groups in total. The van der Waals surface area contributed by atoms with E-state index in [1.54, 1.807) is 0 Å². The molecule has 0 aliphatic rings. The van der Waals surface area contributed by atoms with Crippen LogP contribution in [0.2, 0.25) is 5.02 Å². The third-order valence-electron chi connectivity index (χ3n) is 3.88. The van der Waals surface area contributed by atoms with Crippen LogP contribution in [0.15, 0.2) is 57.5 Å². The molecule has 7 heteroatoms. The summed E-state index contributed by atoms with van der Waals surface area (Å²) in [5, 5.41) is 7.59. The van der Waals surface area contributed by atoms with Crippen molar-refractivity contribution in [1.82, 2.24) is 15.5 Å². The Morgan fingerprint density at radius 3 is 2.58 bits per heavy atom. The Morgan fingerprint density at radius 2 is 1.88 bits per heavy atom. The normalized spacial score (nSPS) is 12.0. The molecular weight excluding hydrogens is 418 g/mol. The van der Waals surface area contributed by atoms with Crippen LogP contribution in [0.25, 0.3) is 11.4 Å². The van der Waals surface area contributed by atoms with Crippen LogP contribution < -0.4 is 5.32 Å². The van der Waals surface area contributed by atoms with Crippen LogP contribution in [0.1, 0.15) is 30.8 Å². The highest BCUT2D eigenvalue weighted by Crippen LogP contribution is 2.20. The van der Waals surface area contributed by atoms with Crippen LogP contribution in [-0.4, -0.2) is 16.0 Å². The summed E-state index contributed by atoms with van der Waals surface area (Å²) < 4.78 is 6.22. The van der Waals surface area contributed by atoms with Crippen molar-refractivity contribution in [3.8, 4) is 11.4 Å². The van der Waals surface area contributed by atoms with Crippen molar-refractivity contribution in [2.75, 3.05) is 0 Å². The van der Waals surface area contributed by atoms with Gasteiger partial charge in [-0.1, -0.05) is 44.8 Å². The third-order valence-corrected chi connectivity index (χ3v) is 4.66. The van der Waals surface area contributed by atoms with Gasteiger partial charge in [-0.25, -0.2) is 0 Å². The second-order valence-electron chi connectivity index (χ2n) is 5.86. The Hall–Kier alpha value is -2.18. The monoisotopic (exact) mass is 433 g/mol. The number of carbonyl (C=O) groups is 1. The van der Waals surface area contributed by atoms with E-state index in [2.05, 4.69) is 31.4 Å². The molecule has 0 fully saturated rings. The number of hydrogen-bond donors (Lipinski definition) is 1. The van der Waals surface area contributed by atoms with Gasteiger partial charge in [0.15, 0.2) is 0 Å². The predicted octanol–water partition coefficient (Wildman–Crippen LogP) is 4.96. The van der Waals surface area contributed by atoms with Crippen LogP contribution in [-0.2, 0) is 11.2 Å². The zero-order valence-electron chi connectivity index (χ0n) is 14.1. The van der Waals surface area contributed by atoms with Gasteiger partial charge in [0.05, 0.1) is 6.04 Å². The van der Waals surface area contributed by atoms with Crippen molar-refractivity contribution in [2.24, 2.45) is 0 Å². The van der Waals surface area contributed by atoms with Gasteiger partial charge in [-0.05, 0) is 48.9 Å². The molecule has 0 bridgehead atoms. The minimum absolute atomic E-state index is 0.0733. The van der Waals surface area contributed by atoms with Gasteiger partial charge in [-0.3, -0.25) is 4.79 Å². The lowest BCUT2D eigenvalue weighted by Crippen LogP contribution is -2.26. The Labute approximate surface area is 164 Å². The van der Waals surface area contributed by atoms with Crippen molar-refractivity contribution >= 4 is 33.4 Å². The van der Waals surface area contributed by atoms with Crippen LogP contribution in [0.3, 0.4) is 0 Å².